The molecular formula is C17H22. The van der Waals surface area contributed by atoms with Crippen molar-refractivity contribution in [2.24, 2.45) is 0 Å². The van der Waals surface area contributed by atoms with E-state index in [9.17, 15) is 0 Å². The van der Waals surface area contributed by atoms with Gasteiger partial charge in [0.05, 0.1) is 0 Å². The Bertz CT molecular complexity index is 466. The Hall–Kier alpha value is -1.82. The highest BCUT2D eigenvalue weighted by Crippen LogP contribution is 2.22. The first kappa shape index (κ1) is 15.2. The van der Waals surface area contributed by atoms with Gasteiger partial charge in [0, 0.05) is 0 Å². The van der Waals surface area contributed by atoms with Crippen LogP contribution >= 0.6 is 0 Å². The third kappa shape index (κ3) is 3.60. The smallest absolute Gasteiger partial charge is 0.0109 e. The van der Waals surface area contributed by atoms with Gasteiger partial charge in [0.1, 0.15) is 0 Å². The topological polar surface area (TPSA) is 0 Å². The van der Waals surface area contributed by atoms with Gasteiger partial charge in [-0.1, -0.05) is 62.9 Å². The van der Waals surface area contributed by atoms with E-state index >= 15 is 0 Å². The first-order valence-corrected chi connectivity index (χ1v) is 5.93. The van der Waals surface area contributed by atoms with Gasteiger partial charge in [-0.2, -0.15) is 0 Å². The quantitative estimate of drug-likeness (QED) is 0.554. The van der Waals surface area contributed by atoms with Gasteiger partial charge in [-0.05, 0) is 28.8 Å². The Balaban J connectivity index is 0.000000581. The van der Waals surface area contributed by atoms with Crippen LogP contribution in [0.1, 0.15) is 25.0 Å². The summed E-state index contributed by atoms with van der Waals surface area (Å²) in [5.74, 6) is 0. The molecule has 2 aromatic rings. The molecule has 0 atom stereocenters. The van der Waals surface area contributed by atoms with Crippen molar-refractivity contribution in [2.45, 2.75) is 20.8 Å². The van der Waals surface area contributed by atoms with Crippen LogP contribution in [0.5, 0.6) is 0 Å². The molecule has 0 heterocycles. The lowest BCUT2D eigenvalue weighted by Crippen LogP contribution is -1.82. The van der Waals surface area contributed by atoms with Gasteiger partial charge in [-0.25, -0.2) is 0 Å². The second-order valence-corrected chi connectivity index (χ2v) is 3.22. The maximum absolute atomic E-state index is 3.84. The van der Waals surface area contributed by atoms with E-state index in [0.29, 0.717) is 0 Å². The van der Waals surface area contributed by atoms with Crippen LogP contribution in [0.2, 0.25) is 0 Å². The Labute approximate surface area is 105 Å². The summed E-state index contributed by atoms with van der Waals surface area (Å²) >= 11 is 0. The predicted octanol–water partition coefficient (Wildman–Crippen LogP) is 5.62. The third-order valence-electron chi connectivity index (χ3n) is 2.39. The highest BCUT2D eigenvalue weighted by Gasteiger charge is 1.99. The van der Waals surface area contributed by atoms with Gasteiger partial charge in [-0.15, -0.1) is 13.2 Å². The fourth-order valence-electron chi connectivity index (χ4n) is 1.68. The summed E-state index contributed by atoms with van der Waals surface area (Å²) in [6.07, 6.45) is 1.93. The highest BCUT2D eigenvalue weighted by atomic mass is 14.0. The van der Waals surface area contributed by atoms with Crippen LogP contribution in [-0.4, -0.2) is 0 Å². The van der Waals surface area contributed by atoms with Gasteiger partial charge in [0.2, 0.25) is 0 Å². The zero-order valence-corrected chi connectivity index (χ0v) is 11.2. The van der Waals surface area contributed by atoms with Gasteiger partial charge in [0.25, 0.3) is 0 Å². The monoisotopic (exact) mass is 226 g/mol. The minimum atomic E-state index is 1.25. The van der Waals surface area contributed by atoms with E-state index in [-0.39, 0.29) is 0 Å². The van der Waals surface area contributed by atoms with Crippen molar-refractivity contribution in [2.75, 3.05) is 0 Å². The molecule has 0 nitrogen and oxygen atoms in total. The first-order valence-electron chi connectivity index (χ1n) is 5.93. The Morgan fingerprint density at radius 2 is 1.53 bits per heavy atom. The molecule has 90 valence electrons. The van der Waals surface area contributed by atoms with Gasteiger partial charge in [0.15, 0.2) is 0 Å². The van der Waals surface area contributed by atoms with Crippen molar-refractivity contribution in [1.29, 1.82) is 0 Å². The number of fused-ring (bicyclic) bond motifs is 1. The van der Waals surface area contributed by atoms with E-state index in [1.807, 2.05) is 19.9 Å². The van der Waals surface area contributed by atoms with E-state index in [1.165, 1.54) is 21.9 Å². The summed E-state index contributed by atoms with van der Waals surface area (Å²) in [5.41, 5.74) is 2.53. The average molecular weight is 226 g/mol. The van der Waals surface area contributed by atoms with Crippen molar-refractivity contribution in [3.63, 3.8) is 0 Å². The van der Waals surface area contributed by atoms with Crippen LogP contribution in [0.4, 0.5) is 0 Å². The molecule has 2 rings (SSSR count). The molecule has 0 saturated heterocycles. The predicted molar refractivity (Wildman–Crippen MR) is 81.4 cm³/mol. The lowest BCUT2D eigenvalue weighted by molar-refractivity contribution is 1.48. The molecule has 0 aromatic heterocycles. The number of aryl methyl sites for hydroxylation is 1. The van der Waals surface area contributed by atoms with Crippen molar-refractivity contribution in [3.05, 3.63) is 67.3 Å². The molecule has 0 aliphatic carbocycles. The summed E-state index contributed by atoms with van der Waals surface area (Å²) < 4.78 is 0. The summed E-state index contributed by atoms with van der Waals surface area (Å²) in [4.78, 5) is 0. The Morgan fingerprint density at radius 3 is 2.12 bits per heavy atom. The molecule has 0 amide bonds. The molecule has 0 aliphatic heterocycles. The average Bonchev–Trinajstić information content (AvgIpc) is 2.43. The van der Waals surface area contributed by atoms with E-state index < -0.39 is 0 Å². The summed E-state index contributed by atoms with van der Waals surface area (Å²) in [6, 6.07) is 12.7. The van der Waals surface area contributed by atoms with Crippen molar-refractivity contribution < 1.29 is 0 Å². The Morgan fingerprint density at radius 1 is 0.941 bits per heavy atom. The zero-order chi connectivity index (χ0) is 13.3. The molecule has 0 fully saturated rings. The molecular weight excluding hydrogens is 204 g/mol. The first-order chi connectivity index (χ1) is 8.33. The number of rotatable bonds is 1. The van der Waals surface area contributed by atoms with Crippen LogP contribution in [0.3, 0.4) is 0 Å². The van der Waals surface area contributed by atoms with Gasteiger partial charge >= 0.3 is 0 Å². The molecule has 0 radical (unpaired) electrons. The SMILES string of the molecule is C=C.C=Cc1c(C)ccc2ccccc12.CC. The molecule has 0 N–H and O–H groups in total. The van der Waals surface area contributed by atoms with Crippen molar-refractivity contribution >= 4 is 16.8 Å². The minimum Gasteiger partial charge on any atom is -0.106 e. The maximum atomic E-state index is 3.84. The Kier molecular flexibility index (Phi) is 7.45. The van der Waals surface area contributed by atoms with E-state index in [4.69, 9.17) is 0 Å². The molecule has 0 saturated carbocycles. The minimum absolute atomic E-state index is 1.25. The second-order valence-electron chi connectivity index (χ2n) is 3.22. The molecule has 17 heavy (non-hydrogen) atoms. The highest BCUT2D eigenvalue weighted by molar-refractivity contribution is 5.91. The van der Waals surface area contributed by atoms with Crippen molar-refractivity contribution in [3.8, 4) is 0 Å². The van der Waals surface area contributed by atoms with Crippen LogP contribution in [0.15, 0.2) is 56.1 Å². The molecule has 2 aromatic carbocycles. The third-order valence-corrected chi connectivity index (χ3v) is 2.39. The molecule has 0 aliphatic rings. The van der Waals surface area contributed by atoms with Crippen LogP contribution in [0, 0.1) is 6.92 Å². The van der Waals surface area contributed by atoms with Crippen LogP contribution in [0.25, 0.3) is 16.8 Å². The molecule has 0 heteroatoms. The van der Waals surface area contributed by atoms with E-state index in [0.717, 1.165) is 0 Å². The number of hydrogen-bond donors (Lipinski definition) is 0. The lowest BCUT2D eigenvalue weighted by Gasteiger charge is -2.05. The van der Waals surface area contributed by atoms with Crippen LogP contribution < -0.4 is 0 Å². The zero-order valence-electron chi connectivity index (χ0n) is 11.2. The number of hydrogen-bond acceptors (Lipinski definition) is 0. The largest absolute Gasteiger partial charge is 0.106 e. The fraction of sp³-hybridized carbons (Fsp3) is 0.176. The summed E-state index contributed by atoms with van der Waals surface area (Å²) in [6.45, 7) is 16.0. The van der Waals surface area contributed by atoms with Crippen LogP contribution in [-0.2, 0) is 0 Å². The van der Waals surface area contributed by atoms with Gasteiger partial charge < -0.3 is 0 Å². The summed E-state index contributed by atoms with van der Waals surface area (Å²) in [7, 11) is 0. The maximum Gasteiger partial charge on any atom is -0.0109 e. The van der Waals surface area contributed by atoms with Gasteiger partial charge in [-0.3, -0.25) is 0 Å². The lowest BCUT2D eigenvalue weighted by atomic mass is 10.00. The normalized spacial score (nSPS) is 8.41. The number of benzene rings is 2. The summed E-state index contributed by atoms with van der Waals surface area (Å²) in [5, 5.41) is 2.57. The fourth-order valence-corrected chi connectivity index (χ4v) is 1.68. The van der Waals surface area contributed by atoms with Crippen molar-refractivity contribution in [1.82, 2.24) is 0 Å². The second kappa shape index (κ2) is 8.35. The molecule has 0 spiro atoms. The molecule has 0 unspecified atom stereocenters. The molecule has 0 bridgehead atoms. The van der Waals surface area contributed by atoms with E-state index in [1.54, 1.807) is 0 Å². The standard InChI is InChI=1S/C13H12.C2H6.C2H4/c1-3-12-10(2)8-9-11-6-4-5-7-13(11)12;2*1-2/h3-9H,1H2,2H3;1-2H3;1-2H2. The van der Waals surface area contributed by atoms with E-state index in [2.05, 4.69) is 63.1 Å².